The molecule has 0 bridgehead atoms. The van der Waals surface area contributed by atoms with E-state index in [9.17, 15) is 18.0 Å². The van der Waals surface area contributed by atoms with Crippen LogP contribution in [-0.4, -0.2) is 25.0 Å². The van der Waals surface area contributed by atoms with E-state index >= 15 is 0 Å². The van der Waals surface area contributed by atoms with E-state index < -0.39 is 17.4 Å². The van der Waals surface area contributed by atoms with E-state index in [1.807, 2.05) is 0 Å². The smallest absolute Gasteiger partial charge is 0.315 e. The van der Waals surface area contributed by atoms with Gasteiger partial charge in [-0.3, -0.25) is 4.79 Å². The number of nitrogens with one attached hydrogen (secondary N) is 1. The lowest BCUT2D eigenvalue weighted by Crippen LogP contribution is -2.45. The third kappa shape index (κ3) is 1.22. The molecule has 70 valence electrons. The van der Waals surface area contributed by atoms with Gasteiger partial charge < -0.3 is 5.32 Å². The maximum absolute atomic E-state index is 12.4. The van der Waals surface area contributed by atoms with E-state index in [1.54, 1.807) is 0 Å². The molecule has 0 spiro atoms. The maximum Gasteiger partial charge on any atom is 0.402 e. The number of rotatable bonds is 1. The van der Waals surface area contributed by atoms with E-state index in [0.29, 0.717) is 0 Å². The van der Waals surface area contributed by atoms with E-state index in [0.717, 1.165) is 6.92 Å². The molecule has 1 atom stereocenters. The normalized spacial score (nSPS) is 30.7. The van der Waals surface area contributed by atoms with Crippen molar-refractivity contribution >= 4 is 5.78 Å². The summed E-state index contributed by atoms with van der Waals surface area (Å²) in [5, 5.41) is 2.56. The van der Waals surface area contributed by atoms with Crippen molar-refractivity contribution in [1.29, 1.82) is 0 Å². The van der Waals surface area contributed by atoms with Gasteiger partial charge >= 0.3 is 6.18 Å². The van der Waals surface area contributed by atoms with E-state index in [-0.39, 0.29) is 19.5 Å². The molecule has 0 aromatic heterocycles. The van der Waals surface area contributed by atoms with Crippen molar-refractivity contribution in [3.63, 3.8) is 0 Å². The highest BCUT2D eigenvalue weighted by Crippen LogP contribution is 2.43. The number of alkyl halides is 3. The molecule has 0 saturated carbocycles. The topological polar surface area (TPSA) is 29.1 Å². The fourth-order valence-electron chi connectivity index (χ4n) is 1.43. The van der Waals surface area contributed by atoms with Crippen LogP contribution < -0.4 is 5.32 Å². The largest absolute Gasteiger partial charge is 0.402 e. The number of hydrogen-bond acceptors (Lipinski definition) is 2. The van der Waals surface area contributed by atoms with Gasteiger partial charge in [0.1, 0.15) is 11.2 Å². The molecule has 1 N–H and O–H groups in total. The monoisotopic (exact) mass is 181 g/mol. The average Bonchev–Trinajstić information content (AvgIpc) is 2.31. The highest BCUT2D eigenvalue weighted by atomic mass is 19.4. The van der Waals surface area contributed by atoms with Gasteiger partial charge in [-0.05, 0) is 19.9 Å². The van der Waals surface area contributed by atoms with Gasteiger partial charge in [-0.25, -0.2) is 0 Å². The van der Waals surface area contributed by atoms with Crippen LogP contribution in [0.3, 0.4) is 0 Å². The van der Waals surface area contributed by atoms with Crippen molar-refractivity contribution in [2.75, 3.05) is 13.1 Å². The summed E-state index contributed by atoms with van der Waals surface area (Å²) in [7, 11) is 0. The zero-order chi connectivity index (χ0) is 9.41. The number of hydrogen-bond donors (Lipinski definition) is 1. The van der Waals surface area contributed by atoms with Gasteiger partial charge in [0.25, 0.3) is 0 Å². The van der Waals surface area contributed by atoms with Gasteiger partial charge in [-0.2, -0.15) is 13.2 Å². The quantitative estimate of drug-likeness (QED) is 0.656. The first-order chi connectivity index (χ1) is 5.40. The summed E-state index contributed by atoms with van der Waals surface area (Å²) in [4.78, 5) is 10.9. The SMILES string of the molecule is CC(=O)C1(C(F)(F)F)CCNC1. The molecule has 0 aromatic rings. The molecule has 1 aliphatic rings. The molecule has 1 heterocycles. The summed E-state index contributed by atoms with van der Waals surface area (Å²) in [5.41, 5.74) is -2.12. The van der Waals surface area contributed by atoms with Crippen LogP contribution in [0.2, 0.25) is 0 Å². The molecular formula is C7H10F3NO. The first-order valence-corrected chi connectivity index (χ1v) is 3.69. The Morgan fingerprint density at radius 3 is 2.25 bits per heavy atom. The van der Waals surface area contributed by atoms with Crippen molar-refractivity contribution in [2.24, 2.45) is 5.41 Å². The Bertz CT molecular complexity index is 193. The Kier molecular flexibility index (Phi) is 2.16. The Labute approximate surface area is 68.1 Å². The average molecular weight is 181 g/mol. The number of Topliss-reactive ketones (excluding diaryl/α,β-unsaturated/α-hetero) is 1. The molecular weight excluding hydrogens is 171 g/mol. The number of halogens is 3. The predicted octanol–water partition coefficient (Wildman–Crippen LogP) is 1.12. The fourth-order valence-corrected chi connectivity index (χ4v) is 1.43. The summed E-state index contributed by atoms with van der Waals surface area (Å²) < 4.78 is 37.2. The molecule has 5 heteroatoms. The van der Waals surface area contributed by atoms with E-state index in [1.165, 1.54) is 0 Å². The van der Waals surface area contributed by atoms with Crippen LogP contribution in [0.15, 0.2) is 0 Å². The zero-order valence-electron chi connectivity index (χ0n) is 6.66. The minimum absolute atomic E-state index is 0.133. The van der Waals surface area contributed by atoms with Gasteiger partial charge in [0.2, 0.25) is 0 Å². The third-order valence-electron chi connectivity index (χ3n) is 2.37. The lowest BCUT2D eigenvalue weighted by molar-refractivity contribution is -0.213. The van der Waals surface area contributed by atoms with Crippen LogP contribution in [0.4, 0.5) is 13.2 Å². The Morgan fingerprint density at radius 2 is 2.08 bits per heavy atom. The molecule has 0 radical (unpaired) electrons. The minimum atomic E-state index is -4.41. The third-order valence-corrected chi connectivity index (χ3v) is 2.37. The summed E-state index contributed by atoms with van der Waals surface area (Å²) in [6.07, 6.45) is -4.55. The van der Waals surface area contributed by atoms with Crippen molar-refractivity contribution in [2.45, 2.75) is 19.5 Å². The van der Waals surface area contributed by atoms with Crippen LogP contribution in [0.1, 0.15) is 13.3 Å². The lowest BCUT2D eigenvalue weighted by atomic mass is 9.82. The summed E-state index contributed by atoms with van der Waals surface area (Å²) in [6.45, 7) is 0.991. The molecule has 0 aliphatic carbocycles. The Balaban J connectivity index is 2.94. The molecule has 1 unspecified atom stereocenters. The molecule has 1 rings (SSSR count). The van der Waals surface area contributed by atoms with Crippen molar-refractivity contribution < 1.29 is 18.0 Å². The van der Waals surface area contributed by atoms with Gasteiger partial charge in [-0.1, -0.05) is 0 Å². The second-order valence-corrected chi connectivity index (χ2v) is 3.06. The van der Waals surface area contributed by atoms with Crippen molar-refractivity contribution in [3.8, 4) is 0 Å². The van der Waals surface area contributed by atoms with Crippen LogP contribution >= 0.6 is 0 Å². The van der Waals surface area contributed by atoms with E-state index in [4.69, 9.17) is 0 Å². The molecule has 0 amide bonds. The number of carbonyl (C=O) groups is 1. The summed E-state index contributed by atoms with van der Waals surface area (Å²) in [5.74, 6) is -0.792. The van der Waals surface area contributed by atoms with Gasteiger partial charge in [0, 0.05) is 6.54 Å². The predicted molar refractivity (Wildman–Crippen MR) is 36.7 cm³/mol. The Morgan fingerprint density at radius 1 is 1.50 bits per heavy atom. The standard InChI is InChI=1S/C7H10F3NO/c1-5(12)6(7(8,9)10)2-3-11-4-6/h11H,2-4H2,1H3. The molecule has 1 fully saturated rings. The van der Waals surface area contributed by atoms with Crippen LogP contribution in [-0.2, 0) is 4.79 Å². The number of ketones is 1. The second-order valence-electron chi connectivity index (χ2n) is 3.06. The van der Waals surface area contributed by atoms with Crippen molar-refractivity contribution in [3.05, 3.63) is 0 Å². The molecule has 12 heavy (non-hydrogen) atoms. The molecule has 1 aliphatic heterocycles. The zero-order valence-corrected chi connectivity index (χ0v) is 6.66. The highest BCUT2D eigenvalue weighted by molar-refractivity contribution is 5.84. The lowest BCUT2D eigenvalue weighted by Gasteiger charge is -2.27. The van der Waals surface area contributed by atoms with Crippen LogP contribution in [0.25, 0.3) is 0 Å². The van der Waals surface area contributed by atoms with Crippen molar-refractivity contribution in [1.82, 2.24) is 5.32 Å². The first kappa shape index (κ1) is 9.51. The minimum Gasteiger partial charge on any atom is -0.315 e. The second kappa shape index (κ2) is 2.73. The Hall–Kier alpha value is -0.580. The maximum atomic E-state index is 12.4. The molecule has 1 saturated heterocycles. The van der Waals surface area contributed by atoms with Crippen LogP contribution in [0, 0.1) is 5.41 Å². The van der Waals surface area contributed by atoms with Crippen LogP contribution in [0.5, 0.6) is 0 Å². The van der Waals surface area contributed by atoms with Gasteiger partial charge in [0.15, 0.2) is 0 Å². The summed E-state index contributed by atoms with van der Waals surface area (Å²) >= 11 is 0. The first-order valence-electron chi connectivity index (χ1n) is 3.69. The summed E-state index contributed by atoms with van der Waals surface area (Å²) in [6, 6.07) is 0. The molecule has 2 nitrogen and oxygen atoms in total. The van der Waals surface area contributed by atoms with Gasteiger partial charge in [-0.15, -0.1) is 0 Å². The van der Waals surface area contributed by atoms with Gasteiger partial charge in [0.05, 0.1) is 0 Å². The van der Waals surface area contributed by atoms with E-state index in [2.05, 4.69) is 5.32 Å². The number of carbonyl (C=O) groups excluding carboxylic acids is 1. The highest BCUT2D eigenvalue weighted by Gasteiger charge is 2.59. The fraction of sp³-hybridized carbons (Fsp3) is 0.857. The molecule has 0 aromatic carbocycles.